The summed E-state index contributed by atoms with van der Waals surface area (Å²) in [6.07, 6.45) is 57.1. The van der Waals surface area contributed by atoms with E-state index in [1.165, 1.54) is 218 Å². The van der Waals surface area contributed by atoms with Gasteiger partial charge in [-0.3, -0.25) is 37.3 Å². The quantitative estimate of drug-likeness (QED) is 0.0222. The van der Waals surface area contributed by atoms with Gasteiger partial charge in [-0.1, -0.05) is 350 Å². The standard InChI is InChI=1S/C77H150O17P2/c1-7-9-11-13-15-17-19-20-21-22-23-24-25-26-27-28-29-30-36-43-49-55-61-76(81)93-72(65-88-75(80)60-54-48-42-35-32-31-33-39-45-51-57-69(3)4)67-91-95(83,84)89-63-71(78)64-90-96(85,86)92-68-73(66-87-74(79)59-53-47-41-34-18-16-14-12-10-8-2)94-77(82)62-56-50-44-38-37-40-46-52-58-70(5)6/h69-73,78H,7-68H2,1-6H3,(H,83,84)(H,85,86)/t71-,72-,73-/m1/s1. The summed E-state index contributed by atoms with van der Waals surface area (Å²) >= 11 is 0. The lowest BCUT2D eigenvalue weighted by Crippen LogP contribution is -2.30. The first-order valence-electron chi connectivity index (χ1n) is 40.0. The van der Waals surface area contributed by atoms with Gasteiger partial charge in [0.25, 0.3) is 0 Å². The Morgan fingerprint density at radius 3 is 0.708 bits per heavy atom. The number of phosphoric ester groups is 2. The third-order valence-corrected chi connectivity index (χ3v) is 19.9. The van der Waals surface area contributed by atoms with Crippen LogP contribution in [0.25, 0.3) is 0 Å². The molecule has 0 aliphatic carbocycles. The van der Waals surface area contributed by atoms with Crippen molar-refractivity contribution in [2.24, 2.45) is 11.8 Å². The van der Waals surface area contributed by atoms with Crippen LogP contribution in [0.15, 0.2) is 0 Å². The summed E-state index contributed by atoms with van der Waals surface area (Å²) in [6.45, 7) is 9.54. The Bertz CT molecular complexity index is 1860. The molecule has 0 aliphatic heterocycles. The molecule has 0 radical (unpaired) electrons. The SMILES string of the molecule is CCCCCCCCCCCCCCCCCCCCCCCCC(=O)O[C@H](COC(=O)CCCCCCCCCCCCC(C)C)COP(=O)(O)OC[C@@H](O)COP(=O)(O)OC[C@@H](COC(=O)CCCCCCCCCCCC)OC(=O)CCCCCCCCCCC(C)C. The van der Waals surface area contributed by atoms with Crippen molar-refractivity contribution in [3.05, 3.63) is 0 Å². The van der Waals surface area contributed by atoms with Gasteiger partial charge in [-0.2, -0.15) is 0 Å². The van der Waals surface area contributed by atoms with Crippen LogP contribution in [0.4, 0.5) is 0 Å². The zero-order chi connectivity index (χ0) is 70.7. The van der Waals surface area contributed by atoms with Crippen LogP contribution in [0.2, 0.25) is 0 Å². The Hall–Kier alpha value is -1.94. The van der Waals surface area contributed by atoms with Crippen molar-refractivity contribution in [2.45, 2.75) is 419 Å². The maximum atomic E-state index is 13.1. The average molecular weight is 1410 g/mol. The zero-order valence-corrected chi connectivity index (χ0v) is 64.5. The molecule has 2 unspecified atom stereocenters. The molecule has 0 saturated carbocycles. The number of carbonyl (C=O) groups excluding carboxylic acids is 4. The Labute approximate surface area is 588 Å². The molecule has 0 amide bonds. The van der Waals surface area contributed by atoms with Crippen LogP contribution in [0.1, 0.15) is 401 Å². The Morgan fingerprint density at radius 1 is 0.281 bits per heavy atom. The van der Waals surface area contributed by atoms with Crippen molar-refractivity contribution in [3.63, 3.8) is 0 Å². The second-order valence-corrected chi connectivity index (χ2v) is 31.6. The second kappa shape index (κ2) is 68.8. The number of phosphoric acid groups is 2. The Kier molecular flexibility index (Phi) is 67.4. The van der Waals surface area contributed by atoms with Crippen LogP contribution in [0, 0.1) is 11.8 Å². The summed E-state index contributed by atoms with van der Waals surface area (Å²) in [7, 11) is -9.91. The molecule has 3 N–H and O–H groups in total. The Balaban J connectivity index is 5.18. The summed E-state index contributed by atoms with van der Waals surface area (Å²) in [5, 5.41) is 10.6. The first-order valence-corrected chi connectivity index (χ1v) is 43.0. The average Bonchev–Trinajstić information content (AvgIpc) is 3.39. The lowest BCUT2D eigenvalue weighted by atomic mass is 10.0. The highest BCUT2D eigenvalue weighted by molar-refractivity contribution is 7.47. The lowest BCUT2D eigenvalue weighted by molar-refractivity contribution is -0.161. The van der Waals surface area contributed by atoms with Crippen LogP contribution >= 0.6 is 15.6 Å². The van der Waals surface area contributed by atoms with E-state index in [0.717, 1.165) is 102 Å². The van der Waals surface area contributed by atoms with E-state index in [4.69, 9.17) is 37.0 Å². The second-order valence-electron chi connectivity index (χ2n) is 28.7. The van der Waals surface area contributed by atoms with Crippen molar-refractivity contribution in [1.29, 1.82) is 0 Å². The first-order chi connectivity index (χ1) is 46.4. The molecular formula is C77H150O17P2. The molecule has 0 aromatic rings. The predicted molar refractivity (Wildman–Crippen MR) is 391 cm³/mol. The maximum absolute atomic E-state index is 13.1. The zero-order valence-electron chi connectivity index (χ0n) is 62.7. The molecule has 0 saturated heterocycles. The molecule has 0 rings (SSSR count). The maximum Gasteiger partial charge on any atom is 0.472 e. The monoisotopic (exact) mass is 1410 g/mol. The lowest BCUT2D eigenvalue weighted by Gasteiger charge is -2.21. The molecule has 0 spiro atoms. The van der Waals surface area contributed by atoms with Gasteiger partial charge in [0.2, 0.25) is 0 Å². The van der Waals surface area contributed by atoms with Gasteiger partial charge in [-0.05, 0) is 37.5 Å². The molecule has 5 atom stereocenters. The van der Waals surface area contributed by atoms with Crippen LogP contribution in [0.3, 0.4) is 0 Å². The van der Waals surface area contributed by atoms with Gasteiger partial charge in [0.1, 0.15) is 19.3 Å². The van der Waals surface area contributed by atoms with E-state index < -0.39 is 97.5 Å². The van der Waals surface area contributed by atoms with E-state index in [0.29, 0.717) is 25.7 Å². The van der Waals surface area contributed by atoms with Gasteiger partial charge in [0.05, 0.1) is 26.4 Å². The molecule has 0 aliphatic rings. The number of esters is 4. The number of hydrogen-bond acceptors (Lipinski definition) is 15. The van der Waals surface area contributed by atoms with Gasteiger partial charge in [0.15, 0.2) is 12.2 Å². The highest BCUT2D eigenvalue weighted by atomic mass is 31.2. The minimum absolute atomic E-state index is 0.105. The van der Waals surface area contributed by atoms with Gasteiger partial charge in [-0.15, -0.1) is 0 Å². The van der Waals surface area contributed by atoms with E-state index in [1.54, 1.807) is 0 Å². The minimum atomic E-state index is -4.96. The fourth-order valence-electron chi connectivity index (χ4n) is 11.8. The van der Waals surface area contributed by atoms with Crippen molar-refractivity contribution in [1.82, 2.24) is 0 Å². The van der Waals surface area contributed by atoms with Gasteiger partial charge < -0.3 is 33.8 Å². The van der Waals surface area contributed by atoms with Crippen molar-refractivity contribution < 1.29 is 80.2 Å². The summed E-state index contributed by atoms with van der Waals surface area (Å²) in [5.41, 5.74) is 0. The third-order valence-electron chi connectivity index (χ3n) is 18.0. The number of carbonyl (C=O) groups is 4. The summed E-state index contributed by atoms with van der Waals surface area (Å²) in [6, 6.07) is 0. The molecule has 0 fully saturated rings. The van der Waals surface area contributed by atoms with E-state index >= 15 is 0 Å². The van der Waals surface area contributed by atoms with Gasteiger partial charge in [-0.25, -0.2) is 9.13 Å². The number of ether oxygens (including phenoxy) is 4. The Morgan fingerprint density at radius 2 is 0.479 bits per heavy atom. The van der Waals surface area contributed by atoms with Gasteiger partial charge >= 0.3 is 39.5 Å². The van der Waals surface area contributed by atoms with E-state index in [-0.39, 0.29) is 25.7 Å². The van der Waals surface area contributed by atoms with Crippen LogP contribution < -0.4 is 0 Å². The van der Waals surface area contributed by atoms with Gasteiger partial charge in [0, 0.05) is 25.7 Å². The fourth-order valence-corrected chi connectivity index (χ4v) is 13.4. The predicted octanol–water partition coefficient (Wildman–Crippen LogP) is 22.7. The van der Waals surface area contributed by atoms with E-state index in [2.05, 4.69) is 41.5 Å². The molecule has 96 heavy (non-hydrogen) atoms. The summed E-state index contributed by atoms with van der Waals surface area (Å²) < 4.78 is 68.5. The molecule has 0 aromatic carbocycles. The molecular weight excluding hydrogens is 1260 g/mol. The highest BCUT2D eigenvalue weighted by Crippen LogP contribution is 2.45. The number of unbranched alkanes of at least 4 members (excludes halogenated alkanes) is 46. The summed E-state index contributed by atoms with van der Waals surface area (Å²) in [5.74, 6) is -0.641. The fraction of sp³-hybridized carbons (Fsp3) is 0.948. The van der Waals surface area contributed by atoms with Crippen LogP contribution in [0.5, 0.6) is 0 Å². The van der Waals surface area contributed by atoms with Crippen LogP contribution in [-0.4, -0.2) is 96.7 Å². The number of rotatable bonds is 76. The molecule has 0 aromatic heterocycles. The normalized spacial score (nSPS) is 14.0. The topological polar surface area (TPSA) is 237 Å². The van der Waals surface area contributed by atoms with Crippen LogP contribution in [-0.2, 0) is 65.4 Å². The van der Waals surface area contributed by atoms with Crippen molar-refractivity contribution in [2.75, 3.05) is 39.6 Å². The third kappa shape index (κ3) is 70.5. The highest BCUT2D eigenvalue weighted by Gasteiger charge is 2.30. The number of aliphatic hydroxyl groups excluding tert-OH is 1. The molecule has 0 bridgehead atoms. The van der Waals surface area contributed by atoms with E-state index in [1.807, 2.05) is 0 Å². The number of hydrogen-bond donors (Lipinski definition) is 3. The summed E-state index contributed by atoms with van der Waals surface area (Å²) in [4.78, 5) is 72.8. The van der Waals surface area contributed by atoms with Crippen molar-refractivity contribution in [3.8, 4) is 0 Å². The minimum Gasteiger partial charge on any atom is -0.462 e. The molecule has 17 nitrogen and oxygen atoms in total. The number of aliphatic hydroxyl groups is 1. The smallest absolute Gasteiger partial charge is 0.462 e. The molecule has 570 valence electrons. The first kappa shape index (κ1) is 94.1. The molecule has 19 heteroatoms. The van der Waals surface area contributed by atoms with E-state index in [9.17, 15) is 43.2 Å². The largest absolute Gasteiger partial charge is 0.472 e. The molecule has 0 heterocycles. The van der Waals surface area contributed by atoms with Crippen molar-refractivity contribution >= 4 is 39.5 Å².